The second-order valence-electron chi connectivity index (χ2n) is 10.5. The maximum atomic E-state index is 13.5. The maximum Gasteiger partial charge on any atom is 0.511 e. The highest BCUT2D eigenvalue weighted by Crippen LogP contribution is 2.28. The van der Waals surface area contributed by atoms with Gasteiger partial charge in [-0.1, -0.05) is 38.1 Å². The topological polar surface area (TPSA) is 94.8 Å². The molecule has 1 saturated heterocycles. The van der Waals surface area contributed by atoms with Gasteiger partial charge in [0.2, 0.25) is 24.6 Å². The Balaban J connectivity index is 1.21. The van der Waals surface area contributed by atoms with E-state index in [1.54, 1.807) is 12.3 Å². The number of hydrogen-bond donors (Lipinski definition) is 0. The molecule has 2 aromatic heterocycles. The zero-order valence-electron chi connectivity index (χ0n) is 23.6. The lowest BCUT2D eigenvalue weighted by Crippen LogP contribution is -2.44. The molecule has 0 bridgehead atoms. The van der Waals surface area contributed by atoms with Crippen LogP contribution >= 0.6 is 0 Å². The summed E-state index contributed by atoms with van der Waals surface area (Å²) in [5.41, 5.74) is 3.00. The van der Waals surface area contributed by atoms with E-state index in [4.69, 9.17) is 19.2 Å². The zero-order chi connectivity index (χ0) is 28.8. The Hall–Kier alpha value is -4.41. The largest absolute Gasteiger partial charge is 0.511 e. The van der Waals surface area contributed by atoms with Gasteiger partial charge in [-0.15, -0.1) is 0 Å². The molecular formula is C30H35FN6O4. The average Bonchev–Trinajstić information content (AvgIpc) is 3.35. The number of benzene rings is 2. The Bertz CT molecular complexity index is 1450. The van der Waals surface area contributed by atoms with Crippen LogP contribution in [-0.2, 0) is 16.0 Å². The molecule has 41 heavy (non-hydrogen) atoms. The van der Waals surface area contributed by atoms with Crippen molar-refractivity contribution in [2.45, 2.75) is 39.3 Å². The first-order valence-electron chi connectivity index (χ1n) is 13.8. The van der Waals surface area contributed by atoms with Gasteiger partial charge < -0.3 is 28.6 Å². The summed E-state index contributed by atoms with van der Waals surface area (Å²) in [6, 6.07) is 16.6. The maximum absolute atomic E-state index is 13.5. The van der Waals surface area contributed by atoms with Crippen LogP contribution in [0.25, 0.3) is 11.0 Å². The number of anilines is 2. The Kier molecular flexibility index (Phi) is 8.81. The number of halogens is 1. The van der Waals surface area contributed by atoms with Crippen molar-refractivity contribution in [3.8, 4) is 5.88 Å². The second-order valence-corrected chi connectivity index (χ2v) is 10.5. The highest BCUT2D eigenvalue weighted by atomic mass is 19.1. The highest BCUT2D eigenvalue weighted by Gasteiger charge is 2.27. The Morgan fingerprint density at radius 3 is 2.56 bits per heavy atom. The van der Waals surface area contributed by atoms with Crippen LogP contribution in [0, 0.1) is 11.7 Å². The number of ether oxygens (including phenoxy) is 3. The van der Waals surface area contributed by atoms with E-state index in [9.17, 15) is 9.18 Å². The molecular weight excluding hydrogens is 527 g/mol. The van der Waals surface area contributed by atoms with E-state index in [1.807, 2.05) is 51.2 Å². The molecule has 0 N–H and O–H groups in total. The smallest absolute Gasteiger partial charge is 0.440 e. The molecule has 0 amide bonds. The van der Waals surface area contributed by atoms with Gasteiger partial charge in [0.05, 0.1) is 24.2 Å². The minimum absolute atomic E-state index is 0.220. The number of carbonyl (C=O) groups is 1. The third-order valence-corrected chi connectivity index (χ3v) is 7.03. The number of nitrogens with zero attached hydrogens (tertiary/aromatic N) is 6. The minimum Gasteiger partial charge on any atom is -0.440 e. The van der Waals surface area contributed by atoms with E-state index in [2.05, 4.69) is 30.4 Å². The van der Waals surface area contributed by atoms with E-state index in [0.29, 0.717) is 18.4 Å². The summed E-state index contributed by atoms with van der Waals surface area (Å²) in [5.74, 6) is 1.73. The predicted octanol–water partition coefficient (Wildman–Crippen LogP) is 5.26. The van der Waals surface area contributed by atoms with Crippen LogP contribution in [0.1, 0.15) is 32.3 Å². The summed E-state index contributed by atoms with van der Waals surface area (Å²) >= 11 is 0. The number of hydrogen-bond acceptors (Lipinski definition) is 9. The Morgan fingerprint density at radius 2 is 1.80 bits per heavy atom. The zero-order valence-corrected chi connectivity index (χ0v) is 23.6. The number of imidazole rings is 1. The quantitative estimate of drug-likeness (QED) is 0.189. The van der Waals surface area contributed by atoms with Gasteiger partial charge in [-0.25, -0.2) is 19.2 Å². The van der Waals surface area contributed by atoms with Gasteiger partial charge in [0.25, 0.3) is 0 Å². The molecule has 1 fully saturated rings. The number of carbonyl (C=O) groups excluding carboxylic acids is 1. The van der Waals surface area contributed by atoms with Crippen molar-refractivity contribution in [2.75, 3.05) is 43.3 Å². The molecule has 2 aromatic carbocycles. The fraction of sp³-hybridized carbons (Fsp3) is 0.400. The minimum atomic E-state index is -0.775. The second kappa shape index (κ2) is 12.8. The van der Waals surface area contributed by atoms with Crippen LogP contribution in [0.2, 0.25) is 0 Å². The first kappa shape index (κ1) is 28.1. The molecule has 0 spiro atoms. The Labute approximate surface area is 238 Å². The predicted molar refractivity (Wildman–Crippen MR) is 154 cm³/mol. The molecule has 1 aliphatic rings. The van der Waals surface area contributed by atoms with Crippen LogP contribution in [0.15, 0.2) is 60.8 Å². The number of para-hydroxylation sites is 2. The highest BCUT2D eigenvalue weighted by molar-refractivity contribution is 5.79. The third kappa shape index (κ3) is 7.03. The van der Waals surface area contributed by atoms with E-state index in [1.165, 1.54) is 12.1 Å². The van der Waals surface area contributed by atoms with Gasteiger partial charge in [0.1, 0.15) is 5.82 Å². The molecule has 216 valence electrons. The van der Waals surface area contributed by atoms with Crippen LogP contribution < -0.4 is 14.5 Å². The summed E-state index contributed by atoms with van der Waals surface area (Å²) < 4.78 is 31.1. The van der Waals surface area contributed by atoms with Crippen molar-refractivity contribution in [3.63, 3.8) is 0 Å². The monoisotopic (exact) mass is 562 g/mol. The Morgan fingerprint density at radius 1 is 1.05 bits per heavy atom. The first-order valence-corrected chi connectivity index (χ1v) is 13.8. The molecule has 1 aliphatic heterocycles. The average molecular weight is 563 g/mol. The van der Waals surface area contributed by atoms with Crippen LogP contribution in [0.5, 0.6) is 5.88 Å². The summed E-state index contributed by atoms with van der Waals surface area (Å²) in [4.78, 5) is 29.9. The molecule has 10 nitrogen and oxygen atoms in total. The van der Waals surface area contributed by atoms with E-state index in [-0.39, 0.29) is 31.2 Å². The van der Waals surface area contributed by atoms with Gasteiger partial charge >= 0.3 is 6.16 Å². The molecule has 11 heteroatoms. The van der Waals surface area contributed by atoms with E-state index < -0.39 is 6.16 Å². The summed E-state index contributed by atoms with van der Waals surface area (Å²) in [5, 5.41) is 0. The van der Waals surface area contributed by atoms with Crippen molar-refractivity contribution >= 4 is 29.1 Å². The van der Waals surface area contributed by atoms with Crippen molar-refractivity contribution < 1.29 is 23.4 Å². The van der Waals surface area contributed by atoms with Crippen LogP contribution in [0.3, 0.4) is 0 Å². The van der Waals surface area contributed by atoms with Crippen LogP contribution in [-0.4, -0.2) is 65.3 Å². The van der Waals surface area contributed by atoms with E-state index >= 15 is 0 Å². The molecule has 4 aromatic rings. The summed E-state index contributed by atoms with van der Waals surface area (Å²) in [6.45, 7) is 6.10. The SMILES string of the molecule is CC(C)COC(=O)OCOc1ccnc(N(C)C2CCN(c3nc4ccccc4n3Cc3ccc(F)cc3)CC2)n1. The standard InChI is InChI=1S/C30H35FN6O4/c1-21(2)19-39-30(38)41-20-40-27-12-15-32-28(34-27)35(3)24-13-16-36(17-14-24)29-33-25-6-4-5-7-26(25)37(29)18-22-8-10-23(31)11-9-22/h4-12,15,21,24H,13-14,16-20H2,1-3H3. The molecule has 0 saturated carbocycles. The van der Waals surface area contributed by atoms with Gasteiger partial charge in [-0.3, -0.25) is 0 Å². The summed E-state index contributed by atoms with van der Waals surface area (Å²) in [6.07, 6.45) is 2.62. The lowest BCUT2D eigenvalue weighted by atomic mass is 10.0. The molecule has 0 unspecified atom stereocenters. The summed E-state index contributed by atoms with van der Waals surface area (Å²) in [7, 11) is 1.98. The molecule has 0 atom stereocenters. The number of fused-ring (bicyclic) bond motifs is 1. The number of aromatic nitrogens is 4. The third-order valence-electron chi connectivity index (χ3n) is 7.03. The molecule has 0 radical (unpaired) electrons. The van der Waals surface area contributed by atoms with E-state index in [0.717, 1.165) is 48.5 Å². The lowest BCUT2D eigenvalue weighted by Gasteiger charge is -2.37. The lowest BCUT2D eigenvalue weighted by molar-refractivity contribution is -0.00111. The van der Waals surface area contributed by atoms with Crippen LogP contribution in [0.4, 0.5) is 21.1 Å². The van der Waals surface area contributed by atoms with Gasteiger partial charge in [-0.2, -0.15) is 4.98 Å². The van der Waals surface area contributed by atoms with Gasteiger partial charge in [-0.05, 0) is 48.6 Å². The first-order chi connectivity index (χ1) is 19.9. The van der Waals surface area contributed by atoms with Crippen molar-refractivity contribution in [1.82, 2.24) is 19.5 Å². The molecule has 5 rings (SSSR count). The van der Waals surface area contributed by atoms with Crippen molar-refractivity contribution in [2.24, 2.45) is 5.92 Å². The number of rotatable bonds is 10. The normalized spacial score (nSPS) is 13.9. The fourth-order valence-electron chi connectivity index (χ4n) is 4.85. The molecule has 0 aliphatic carbocycles. The van der Waals surface area contributed by atoms with Gasteiger partial charge in [0.15, 0.2) is 0 Å². The van der Waals surface area contributed by atoms with Crippen molar-refractivity contribution in [1.29, 1.82) is 0 Å². The van der Waals surface area contributed by atoms with Crippen molar-refractivity contribution in [3.05, 3.63) is 72.2 Å². The number of piperidine rings is 1. The van der Waals surface area contributed by atoms with Gasteiger partial charge in [0, 0.05) is 38.4 Å². The molecule has 3 heterocycles. The fourth-order valence-corrected chi connectivity index (χ4v) is 4.85.